The number of hydrogen-bond donors (Lipinski definition) is 3. The first kappa shape index (κ1) is 16.3. The summed E-state index contributed by atoms with van der Waals surface area (Å²) in [6.07, 6.45) is 3.13. The van der Waals surface area contributed by atoms with E-state index in [-0.39, 0.29) is 16.9 Å². The van der Waals surface area contributed by atoms with E-state index < -0.39 is 11.8 Å². The molecule has 118 valence electrons. The maximum atomic E-state index is 11.5. The second-order valence-corrected chi connectivity index (χ2v) is 5.16. The van der Waals surface area contributed by atoms with Gasteiger partial charge in [-0.25, -0.2) is 5.43 Å². The number of ether oxygens (including phenoxy) is 1. The van der Waals surface area contributed by atoms with E-state index in [1.807, 2.05) is 0 Å². The molecule has 1 saturated heterocycles. The predicted molar refractivity (Wildman–Crippen MR) is 80.8 cm³/mol. The van der Waals surface area contributed by atoms with Crippen LogP contribution in [0.4, 0.5) is 0 Å². The molecule has 1 aliphatic heterocycles. The van der Waals surface area contributed by atoms with Gasteiger partial charge in [-0.1, -0.05) is 11.6 Å². The highest BCUT2D eigenvalue weighted by molar-refractivity contribution is 6.35. The summed E-state index contributed by atoms with van der Waals surface area (Å²) < 4.78 is 5.33. The van der Waals surface area contributed by atoms with Gasteiger partial charge >= 0.3 is 11.8 Å². The van der Waals surface area contributed by atoms with Crippen LogP contribution in [0.2, 0.25) is 5.02 Å². The number of halogens is 1. The number of aromatic hydroxyl groups is 1. The number of nitrogens with zero attached hydrogens (tertiary/aromatic N) is 1. The highest BCUT2D eigenvalue weighted by Crippen LogP contribution is 2.22. The van der Waals surface area contributed by atoms with Gasteiger partial charge in [-0.15, -0.1) is 0 Å². The highest BCUT2D eigenvalue weighted by Gasteiger charge is 2.18. The third kappa shape index (κ3) is 4.71. The monoisotopic (exact) mass is 325 g/mol. The number of amides is 2. The normalized spacial score (nSPS) is 17.6. The second kappa shape index (κ2) is 7.77. The van der Waals surface area contributed by atoms with Gasteiger partial charge < -0.3 is 15.2 Å². The van der Waals surface area contributed by atoms with Crippen LogP contribution in [0.15, 0.2) is 23.3 Å². The first-order valence-electron chi connectivity index (χ1n) is 6.77. The van der Waals surface area contributed by atoms with Gasteiger partial charge in [0.1, 0.15) is 5.75 Å². The standard InChI is InChI=1S/C14H16ClN3O4/c15-11-6-9(3-4-12(11)19)7-17-18-14(21)13(20)16-8-10-2-1-5-22-10/h3-4,6-7,10,19H,1-2,5,8H2,(H,16,20)(H,18,21)/b17-7-/t10-/m1/s1. The molecule has 0 saturated carbocycles. The lowest BCUT2D eigenvalue weighted by Gasteiger charge is -2.09. The molecule has 3 N–H and O–H groups in total. The Kier molecular flexibility index (Phi) is 5.74. The number of hydrogen-bond acceptors (Lipinski definition) is 5. The van der Waals surface area contributed by atoms with E-state index in [1.54, 1.807) is 6.07 Å². The zero-order valence-electron chi connectivity index (χ0n) is 11.7. The summed E-state index contributed by atoms with van der Waals surface area (Å²) in [6.45, 7) is 0.996. The van der Waals surface area contributed by atoms with Crippen molar-refractivity contribution in [2.75, 3.05) is 13.2 Å². The Balaban J connectivity index is 1.77. The quantitative estimate of drug-likeness (QED) is 0.433. The molecule has 22 heavy (non-hydrogen) atoms. The van der Waals surface area contributed by atoms with E-state index in [0.29, 0.717) is 18.7 Å². The number of carbonyl (C=O) groups is 2. The minimum absolute atomic E-state index is 0.0283. The Morgan fingerprint density at radius 1 is 1.45 bits per heavy atom. The summed E-state index contributed by atoms with van der Waals surface area (Å²) in [7, 11) is 0. The zero-order chi connectivity index (χ0) is 15.9. The summed E-state index contributed by atoms with van der Waals surface area (Å²) in [5.41, 5.74) is 2.68. The van der Waals surface area contributed by atoms with Crippen LogP contribution in [0, 0.1) is 0 Å². The fourth-order valence-electron chi connectivity index (χ4n) is 1.91. The van der Waals surface area contributed by atoms with Gasteiger partial charge in [0.2, 0.25) is 0 Å². The second-order valence-electron chi connectivity index (χ2n) is 4.76. The van der Waals surface area contributed by atoms with Crippen molar-refractivity contribution < 1.29 is 19.4 Å². The first-order valence-corrected chi connectivity index (χ1v) is 7.15. The van der Waals surface area contributed by atoms with Gasteiger partial charge in [-0.2, -0.15) is 5.10 Å². The lowest BCUT2D eigenvalue weighted by molar-refractivity contribution is -0.139. The van der Waals surface area contributed by atoms with Crippen molar-refractivity contribution in [3.05, 3.63) is 28.8 Å². The predicted octanol–water partition coefficient (Wildman–Crippen LogP) is 0.791. The molecule has 7 nitrogen and oxygen atoms in total. The summed E-state index contributed by atoms with van der Waals surface area (Å²) in [6, 6.07) is 4.44. The number of phenolic OH excluding ortho intramolecular Hbond substituents is 1. The Morgan fingerprint density at radius 2 is 2.27 bits per heavy atom. The minimum Gasteiger partial charge on any atom is -0.506 e. The molecule has 0 bridgehead atoms. The van der Waals surface area contributed by atoms with Gasteiger partial charge in [-0.3, -0.25) is 9.59 Å². The number of nitrogens with one attached hydrogen (secondary N) is 2. The van der Waals surface area contributed by atoms with Gasteiger partial charge in [0.15, 0.2) is 0 Å². The summed E-state index contributed by atoms with van der Waals surface area (Å²) in [5.74, 6) is -1.67. The summed E-state index contributed by atoms with van der Waals surface area (Å²) in [4.78, 5) is 23.0. The molecule has 8 heteroatoms. The van der Waals surface area contributed by atoms with Crippen molar-refractivity contribution in [3.63, 3.8) is 0 Å². The lowest BCUT2D eigenvalue weighted by atomic mass is 10.2. The average molecular weight is 326 g/mol. The van der Waals surface area contributed by atoms with Crippen LogP contribution < -0.4 is 10.7 Å². The van der Waals surface area contributed by atoms with Crippen LogP contribution in [0.25, 0.3) is 0 Å². The molecular formula is C14H16ClN3O4. The molecule has 1 fully saturated rings. The Labute approximate surface area is 132 Å². The van der Waals surface area contributed by atoms with E-state index >= 15 is 0 Å². The molecule has 0 radical (unpaired) electrons. The molecule has 2 rings (SSSR count). The summed E-state index contributed by atoms with van der Waals surface area (Å²) in [5, 5.41) is 15.6. The third-order valence-electron chi connectivity index (χ3n) is 3.07. The highest BCUT2D eigenvalue weighted by atomic mass is 35.5. The van der Waals surface area contributed by atoms with Crippen molar-refractivity contribution in [1.82, 2.24) is 10.7 Å². The smallest absolute Gasteiger partial charge is 0.329 e. The SMILES string of the molecule is O=C(NC[C@H]1CCCO1)C(=O)N/N=C\c1ccc(O)c(Cl)c1. The molecule has 2 amide bonds. The molecule has 0 unspecified atom stereocenters. The molecular weight excluding hydrogens is 310 g/mol. The van der Waals surface area contributed by atoms with Gasteiger partial charge in [0.25, 0.3) is 0 Å². The fraction of sp³-hybridized carbons (Fsp3) is 0.357. The van der Waals surface area contributed by atoms with E-state index in [4.69, 9.17) is 16.3 Å². The zero-order valence-corrected chi connectivity index (χ0v) is 12.5. The van der Waals surface area contributed by atoms with Crippen LogP contribution in [0.5, 0.6) is 5.75 Å². The lowest BCUT2D eigenvalue weighted by Crippen LogP contribution is -2.41. The first-order chi connectivity index (χ1) is 10.6. The number of phenols is 1. The van der Waals surface area contributed by atoms with Crippen LogP contribution in [0.3, 0.4) is 0 Å². The fourth-order valence-corrected chi connectivity index (χ4v) is 2.10. The Hall–Kier alpha value is -2.12. The van der Waals surface area contributed by atoms with Crippen LogP contribution >= 0.6 is 11.6 Å². The van der Waals surface area contributed by atoms with Crippen LogP contribution in [-0.4, -0.2) is 42.4 Å². The number of rotatable bonds is 4. The van der Waals surface area contributed by atoms with E-state index in [1.165, 1.54) is 18.3 Å². The van der Waals surface area contributed by atoms with E-state index in [0.717, 1.165) is 12.8 Å². The Morgan fingerprint density at radius 3 is 2.95 bits per heavy atom. The van der Waals surface area contributed by atoms with Crippen LogP contribution in [-0.2, 0) is 14.3 Å². The summed E-state index contributed by atoms with van der Waals surface area (Å²) >= 11 is 5.73. The van der Waals surface area contributed by atoms with Gasteiger partial charge in [0.05, 0.1) is 17.3 Å². The average Bonchev–Trinajstić information content (AvgIpc) is 3.01. The molecule has 0 aromatic heterocycles. The van der Waals surface area contributed by atoms with E-state index in [2.05, 4.69) is 15.8 Å². The molecule has 1 aromatic carbocycles. The number of benzene rings is 1. The maximum absolute atomic E-state index is 11.5. The van der Waals surface area contributed by atoms with Crippen molar-refractivity contribution >= 4 is 29.6 Å². The third-order valence-corrected chi connectivity index (χ3v) is 3.37. The minimum atomic E-state index is -0.862. The Bertz CT molecular complexity index is 585. The van der Waals surface area contributed by atoms with Crippen LogP contribution in [0.1, 0.15) is 18.4 Å². The molecule has 0 aliphatic carbocycles. The number of carbonyl (C=O) groups excluding carboxylic acids is 2. The molecule has 1 aromatic rings. The van der Waals surface area contributed by atoms with Crippen molar-refractivity contribution in [2.45, 2.75) is 18.9 Å². The maximum Gasteiger partial charge on any atom is 0.329 e. The molecule has 1 atom stereocenters. The number of hydrazone groups is 1. The van der Waals surface area contributed by atoms with Crippen molar-refractivity contribution in [2.24, 2.45) is 5.10 Å². The van der Waals surface area contributed by atoms with Crippen molar-refractivity contribution in [1.29, 1.82) is 0 Å². The molecule has 0 spiro atoms. The van der Waals surface area contributed by atoms with E-state index in [9.17, 15) is 14.7 Å². The largest absolute Gasteiger partial charge is 0.506 e. The topological polar surface area (TPSA) is 100 Å². The van der Waals surface area contributed by atoms with Gasteiger partial charge in [0, 0.05) is 13.2 Å². The molecule has 1 aliphatic rings. The molecule has 1 heterocycles. The van der Waals surface area contributed by atoms with Crippen molar-refractivity contribution in [3.8, 4) is 5.75 Å². The van der Waals surface area contributed by atoms with Gasteiger partial charge in [-0.05, 0) is 36.6 Å².